The molecule has 17 heavy (non-hydrogen) atoms. The van der Waals surface area contributed by atoms with Crippen LogP contribution in [0.15, 0.2) is 0 Å². The van der Waals surface area contributed by atoms with Gasteiger partial charge in [0.15, 0.2) is 0 Å². The molecule has 0 bridgehead atoms. The van der Waals surface area contributed by atoms with E-state index >= 15 is 0 Å². The highest BCUT2D eigenvalue weighted by atomic mass is 32.2. The first-order valence-corrected chi connectivity index (χ1v) is 6.99. The molecule has 1 atom stereocenters. The van der Waals surface area contributed by atoms with Crippen LogP contribution in [0.5, 0.6) is 0 Å². The first kappa shape index (κ1) is 16.1. The molecule has 6 heteroatoms. The van der Waals surface area contributed by atoms with Crippen LogP contribution < -0.4 is 10.6 Å². The molecule has 0 aliphatic carbocycles. The van der Waals surface area contributed by atoms with Crippen molar-refractivity contribution in [1.82, 2.24) is 10.6 Å². The van der Waals surface area contributed by atoms with Crippen LogP contribution in [0.1, 0.15) is 27.2 Å². The molecule has 0 rings (SSSR count). The van der Waals surface area contributed by atoms with Crippen LogP contribution in [-0.4, -0.2) is 41.7 Å². The van der Waals surface area contributed by atoms with Gasteiger partial charge >= 0.3 is 12.0 Å². The van der Waals surface area contributed by atoms with E-state index in [-0.39, 0.29) is 18.6 Å². The molecular weight excluding hydrogens is 240 g/mol. The van der Waals surface area contributed by atoms with Crippen LogP contribution in [-0.2, 0) is 4.79 Å². The fourth-order valence-electron chi connectivity index (χ4n) is 1.08. The molecule has 0 aromatic carbocycles. The SMILES string of the molecule is CCC(CSC)NC(=O)NCC(C)(C)C(=O)O. The molecule has 0 aromatic rings. The highest BCUT2D eigenvalue weighted by Crippen LogP contribution is 2.12. The van der Waals surface area contributed by atoms with E-state index in [1.54, 1.807) is 25.6 Å². The fraction of sp³-hybridized carbons (Fsp3) is 0.818. The third-order valence-electron chi connectivity index (χ3n) is 2.47. The molecule has 0 aliphatic heterocycles. The number of hydrogen-bond donors (Lipinski definition) is 3. The van der Waals surface area contributed by atoms with Gasteiger partial charge in [-0.1, -0.05) is 6.92 Å². The summed E-state index contributed by atoms with van der Waals surface area (Å²) in [6.07, 6.45) is 2.84. The maximum atomic E-state index is 11.5. The van der Waals surface area contributed by atoms with Crippen molar-refractivity contribution < 1.29 is 14.7 Å². The summed E-state index contributed by atoms with van der Waals surface area (Å²) >= 11 is 1.67. The summed E-state index contributed by atoms with van der Waals surface area (Å²) in [6.45, 7) is 5.27. The maximum Gasteiger partial charge on any atom is 0.315 e. The lowest BCUT2D eigenvalue weighted by atomic mass is 9.94. The van der Waals surface area contributed by atoms with E-state index in [0.717, 1.165) is 12.2 Å². The number of carbonyl (C=O) groups excluding carboxylic acids is 1. The first-order valence-electron chi connectivity index (χ1n) is 5.60. The van der Waals surface area contributed by atoms with Crippen LogP contribution in [0.25, 0.3) is 0 Å². The average Bonchev–Trinajstić information content (AvgIpc) is 2.25. The summed E-state index contributed by atoms with van der Waals surface area (Å²) in [5, 5.41) is 14.3. The van der Waals surface area contributed by atoms with Crippen molar-refractivity contribution in [2.75, 3.05) is 18.6 Å². The van der Waals surface area contributed by atoms with Crippen LogP contribution in [0, 0.1) is 5.41 Å². The molecule has 3 N–H and O–H groups in total. The van der Waals surface area contributed by atoms with Crippen molar-refractivity contribution in [2.24, 2.45) is 5.41 Å². The molecule has 0 fully saturated rings. The zero-order chi connectivity index (χ0) is 13.5. The summed E-state index contributed by atoms with van der Waals surface area (Å²) < 4.78 is 0. The van der Waals surface area contributed by atoms with E-state index in [4.69, 9.17) is 5.11 Å². The minimum absolute atomic E-state index is 0.115. The molecule has 5 nitrogen and oxygen atoms in total. The lowest BCUT2D eigenvalue weighted by molar-refractivity contribution is -0.146. The van der Waals surface area contributed by atoms with Crippen LogP contribution >= 0.6 is 11.8 Å². The third-order valence-corrected chi connectivity index (χ3v) is 3.20. The van der Waals surface area contributed by atoms with Crippen molar-refractivity contribution in [3.63, 3.8) is 0 Å². The minimum atomic E-state index is -0.946. The molecule has 0 saturated heterocycles. The minimum Gasteiger partial charge on any atom is -0.481 e. The smallest absolute Gasteiger partial charge is 0.315 e. The van der Waals surface area contributed by atoms with Crippen molar-refractivity contribution in [3.8, 4) is 0 Å². The van der Waals surface area contributed by atoms with Gasteiger partial charge in [0.25, 0.3) is 0 Å². The average molecular weight is 262 g/mol. The van der Waals surface area contributed by atoms with Crippen molar-refractivity contribution in [2.45, 2.75) is 33.2 Å². The van der Waals surface area contributed by atoms with Crippen LogP contribution in [0.2, 0.25) is 0 Å². The molecule has 0 heterocycles. The Morgan fingerprint density at radius 3 is 2.41 bits per heavy atom. The van der Waals surface area contributed by atoms with Crippen molar-refractivity contribution >= 4 is 23.8 Å². The highest BCUT2D eigenvalue weighted by Gasteiger charge is 2.27. The Balaban J connectivity index is 4.06. The number of hydrogen-bond acceptors (Lipinski definition) is 3. The largest absolute Gasteiger partial charge is 0.481 e. The van der Waals surface area contributed by atoms with E-state index in [2.05, 4.69) is 10.6 Å². The third kappa shape index (κ3) is 6.41. The zero-order valence-corrected chi connectivity index (χ0v) is 11.7. The number of carboxylic acid groups (broad SMARTS) is 1. The van der Waals surface area contributed by atoms with Gasteiger partial charge in [0, 0.05) is 18.3 Å². The predicted octanol–water partition coefficient (Wildman–Crippen LogP) is 1.54. The van der Waals surface area contributed by atoms with Crippen LogP contribution in [0.4, 0.5) is 4.79 Å². The van der Waals surface area contributed by atoms with E-state index in [1.807, 2.05) is 13.2 Å². The Hall–Kier alpha value is -0.910. The molecular formula is C11H22N2O3S. The quantitative estimate of drug-likeness (QED) is 0.650. The first-order chi connectivity index (χ1) is 7.83. The van der Waals surface area contributed by atoms with Gasteiger partial charge in [-0.2, -0.15) is 11.8 Å². The second kappa shape index (κ2) is 7.42. The van der Waals surface area contributed by atoms with Crippen LogP contribution in [0.3, 0.4) is 0 Å². The normalized spacial score (nSPS) is 12.9. The zero-order valence-electron chi connectivity index (χ0n) is 10.9. The van der Waals surface area contributed by atoms with E-state index in [0.29, 0.717) is 0 Å². The van der Waals surface area contributed by atoms with Crippen molar-refractivity contribution in [3.05, 3.63) is 0 Å². The maximum absolute atomic E-state index is 11.5. The number of nitrogens with one attached hydrogen (secondary N) is 2. The Morgan fingerprint density at radius 2 is 2.00 bits per heavy atom. The number of carboxylic acids is 1. The molecule has 2 amide bonds. The van der Waals surface area contributed by atoms with Gasteiger partial charge in [-0.25, -0.2) is 4.79 Å². The molecule has 0 spiro atoms. The lowest BCUT2D eigenvalue weighted by Gasteiger charge is -2.21. The molecule has 0 saturated carbocycles. The van der Waals surface area contributed by atoms with Gasteiger partial charge in [-0.05, 0) is 26.5 Å². The van der Waals surface area contributed by atoms with Gasteiger partial charge in [0.05, 0.1) is 5.41 Å². The Bertz CT molecular complexity index is 269. The number of aliphatic carboxylic acids is 1. The number of urea groups is 1. The monoisotopic (exact) mass is 262 g/mol. The summed E-state index contributed by atoms with van der Waals surface area (Å²) in [5.74, 6) is -0.0688. The van der Waals surface area contributed by atoms with Crippen molar-refractivity contribution in [1.29, 1.82) is 0 Å². The van der Waals surface area contributed by atoms with Gasteiger partial charge in [-0.15, -0.1) is 0 Å². The van der Waals surface area contributed by atoms with E-state index in [9.17, 15) is 9.59 Å². The molecule has 0 radical (unpaired) electrons. The Morgan fingerprint density at radius 1 is 1.41 bits per heavy atom. The van der Waals surface area contributed by atoms with Gasteiger partial charge in [-0.3, -0.25) is 4.79 Å². The number of amides is 2. The summed E-state index contributed by atoms with van der Waals surface area (Å²) in [4.78, 5) is 22.4. The van der Waals surface area contributed by atoms with Gasteiger partial charge in [0.2, 0.25) is 0 Å². The van der Waals surface area contributed by atoms with Gasteiger partial charge in [0.1, 0.15) is 0 Å². The summed E-state index contributed by atoms with van der Waals surface area (Å²) in [5.41, 5.74) is -0.946. The lowest BCUT2D eigenvalue weighted by Crippen LogP contribution is -2.47. The topological polar surface area (TPSA) is 78.4 Å². The van der Waals surface area contributed by atoms with Gasteiger partial charge < -0.3 is 15.7 Å². The number of carbonyl (C=O) groups is 2. The summed E-state index contributed by atoms with van der Waals surface area (Å²) in [7, 11) is 0. The fourth-order valence-corrected chi connectivity index (χ4v) is 1.80. The highest BCUT2D eigenvalue weighted by molar-refractivity contribution is 7.98. The number of thioether (sulfide) groups is 1. The second-order valence-corrected chi connectivity index (χ2v) is 5.49. The van der Waals surface area contributed by atoms with E-state index in [1.165, 1.54) is 0 Å². The summed E-state index contributed by atoms with van der Waals surface area (Å²) in [6, 6.07) is -0.182. The van der Waals surface area contributed by atoms with E-state index < -0.39 is 11.4 Å². The predicted molar refractivity (Wildman–Crippen MR) is 70.4 cm³/mol. The second-order valence-electron chi connectivity index (χ2n) is 4.58. The Kier molecular flexibility index (Phi) is 7.03. The standard InChI is InChI=1S/C11H22N2O3S/c1-5-8(6-17-4)13-10(16)12-7-11(2,3)9(14)15/h8H,5-7H2,1-4H3,(H,14,15)(H2,12,13,16). The molecule has 0 aliphatic rings. The Labute approximate surface area is 107 Å². The molecule has 1 unspecified atom stereocenters. The molecule has 100 valence electrons. The molecule has 0 aromatic heterocycles. The number of rotatable bonds is 7.